The molecule has 0 N–H and O–H groups in total. The summed E-state index contributed by atoms with van der Waals surface area (Å²) in [6, 6.07) is 14.9. The van der Waals surface area contributed by atoms with Gasteiger partial charge in [0, 0.05) is 11.8 Å². The van der Waals surface area contributed by atoms with Gasteiger partial charge in [-0.25, -0.2) is 0 Å². The third-order valence-electron chi connectivity index (χ3n) is 7.02. The van der Waals surface area contributed by atoms with Gasteiger partial charge in [0.05, 0.1) is 0 Å². The topological polar surface area (TPSA) is 43.4 Å². The lowest BCUT2D eigenvalue weighted by Crippen LogP contribution is -2.59. The highest BCUT2D eigenvalue weighted by molar-refractivity contribution is 5.94. The molecular formula is C24H28O3. The predicted molar refractivity (Wildman–Crippen MR) is 106 cm³/mol. The van der Waals surface area contributed by atoms with Crippen LogP contribution in [0, 0.1) is 23.2 Å². The summed E-state index contributed by atoms with van der Waals surface area (Å²) in [7, 11) is 0. The normalized spacial score (nSPS) is 28.4. The van der Waals surface area contributed by atoms with Crippen LogP contribution >= 0.6 is 0 Å². The van der Waals surface area contributed by atoms with Crippen LogP contribution in [-0.2, 0) is 20.7 Å². The molecule has 3 aliphatic rings. The number of Topliss-reactive ketones (excluding diaryl/α,β-unsaturated/α-hetero) is 1. The average molecular weight is 364 g/mol. The predicted octanol–water partition coefficient (Wildman–Crippen LogP) is 4.96. The smallest absolute Gasteiger partial charge is 0.313 e. The van der Waals surface area contributed by atoms with E-state index >= 15 is 0 Å². The Morgan fingerprint density at radius 1 is 1.07 bits per heavy atom. The molecule has 0 aromatic heterocycles. The molecule has 3 aliphatic carbocycles. The van der Waals surface area contributed by atoms with Gasteiger partial charge in [0.25, 0.3) is 0 Å². The maximum Gasteiger partial charge on any atom is 0.313 e. The van der Waals surface area contributed by atoms with Gasteiger partial charge in [-0.2, -0.15) is 0 Å². The molecule has 2 aromatic carbocycles. The lowest BCUT2D eigenvalue weighted by molar-refractivity contribution is -0.198. The fraction of sp³-hybridized carbons (Fsp3) is 0.500. The highest BCUT2D eigenvalue weighted by atomic mass is 16.5. The van der Waals surface area contributed by atoms with Gasteiger partial charge >= 0.3 is 5.97 Å². The Kier molecular flexibility index (Phi) is 4.57. The van der Waals surface area contributed by atoms with Crippen LogP contribution in [0.5, 0.6) is 0 Å². The number of fused-ring (bicyclic) bond motifs is 3. The standard InChI is InChI=1S/C24H28O3/c1-15(25)11-22(26)27-23-18(13-19-14-21(23)24(19,2)3)12-17-9-6-8-16-7-4-5-10-20(16)17/h4-10,18-19,21,23H,11-14H2,1-3H3/t18-,19+,21+,23-/m1/s1. The number of ketones is 1. The first kappa shape index (κ1) is 18.2. The van der Waals surface area contributed by atoms with Crippen molar-refractivity contribution in [2.75, 3.05) is 0 Å². The van der Waals surface area contributed by atoms with Gasteiger partial charge in [-0.15, -0.1) is 0 Å². The quantitative estimate of drug-likeness (QED) is 0.556. The summed E-state index contributed by atoms with van der Waals surface area (Å²) in [6.45, 7) is 6.04. The van der Waals surface area contributed by atoms with E-state index in [0.29, 0.717) is 17.8 Å². The summed E-state index contributed by atoms with van der Waals surface area (Å²) in [5.74, 6) is 0.921. The van der Waals surface area contributed by atoms with Gasteiger partial charge < -0.3 is 4.74 Å². The highest BCUT2D eigenvalue weighted by Gasteiger charge is 2.59. The minimum Gasteiger partial charge on any atom is -0.461 e. The van der Waals surface area contributed by atoms with Crippen LogP contribution in [0.3, 0.4) is 0 Å². The van der Waals surface area contributed by atoms with Crippen molar-refractivity contribution in [3.63, 3.8) is 0 Å². The molecule has 3 fully saturated rings. The average Bonchev–Trinajstić information content (AvgIpc) is 2.62. The van der Waals surface area contributed by atoms with E-state index in [9.17, 15) is 9.59 Å². The van der Waals surface area contributed by atoms with E-state index in [4.69, 9.17) is 4.74 Å². The molecule has 0 saturated heterocycles. The summed E-state index contributed by atoms with van der Waals surface area (Å²) in [6.07, 6.45) is 2.94. The summed E-state index contributed by atoms with van der Waals surface area (Å²) < 4.78 is 5.93. The fourth-order valence-electron chi connectivity index (χ4n) is 5.37. The zero-order chi connectivity index (χ0) is 19.2. The molecule has 0 spiro atoms. The Bertz CT molecular complexity index is 877. The number of hydrogen-bond acceptors (Lipinski definition) is 3. The highest BCUT2D eigenvalue weighted by Crippen LogP contribution is 2.62. The van der Waals surface area contributed by atoms with Crippen molar-refractivity contribution >= 4 is 22.5 Å². The molecular weight excluding hydrogens is 336 g/mol. The van der Waals surface area contributed by atoms with Crippen LogP contribution in [-0.4, -0.2) is 17.9 Å². The maximum absolute atomic E-state index is 12.3. The Morgan fingerprint density at radius 2 is 1.81 bits per heavy atom. The fourth-order valence-corrected chi connectivity index (χ4v) is 5.37. The first-order valence-electron chi connectivity index (χ1n) is 10.0. The number of carbonyl (C=O) groups excluding carboxylic acids is 2. The first-order chi connectivity index (χ1) is 12.9. The van der Waals surface area contributed by atoms with Crippen LogP contribution in [0.2, 0.25) is 0 Å². The number of ether oxygens (including phenoxy) is 1. The summed E-state index contributed by atoms with van der Waals surface area (Å²) >= 11 is 0. The Morgan fingerprint density at radius 3 is 2.56 bits per heavy atom. The summed E-state index contributed by atoms with van der Waals surface area (Å²) in [5.41, 5.74) is 1.54. The Balaban J connectivity index is 1.60. The molecule has 27 heavy (non-hydrogen) atoms. The van der Waals surface area contributed by atoms with Gasteiger partial charge in [0.15, 0.2) is 0 Å². The first-order valence-corrected chi connectivity index (χ1v) is 10.0. The van der Waals surface area contributed by atoms with Crippen molar-refractivity contribution in [2.24, 2.45) is 23.2 Å². The molecule has 3 heteroatoms. The molecule has 2 aromatic rings. The SMILES string of the molecule is CC(=O)CC(=O)O[C@@H]1[C@H](Cc2cccc3ccccc23)C[C@H]2C[C@@H]1C2(C)C. The third kappa shape index (κ3) is 3.28. The van der Waals surface area contributed by atoms with Gasteiger partial charge in [-0.1, -0.05) is 56.3 Å². The van der Waals surface area contributed by atoms with Crippen molar-refractivity contribution < 1.29 is 14.3 Å². The minimum atomic E-state index is -0.364. The second-order valence-corrected chi connectivity index (χ2v) is 9.03. The van der Waals surface area contributed by atoms with Crippen LogP contribution in [0.15, 0.2) is 42.5 Å². The van der Waals surface area contributed by atoms with E-state index < -0.39 is 0 Å². The lowest BCUT2D eigenvalue weighted by atomic mass is 9.45. The molecule has 0 aliphatic heterocycles. The number of carbonyl (C=O) groups is 2. The maximum atomic E-state index is 12.3. The third-order valence-corrected chi connectivity index (χ3v) is 7.02. The second kappa shape index (κ2) is 6.78. The van der Waals surface area contributed by atoms with Gasteiger partial charge in [-0.3, -0.25) is 9.59 Å². The zero-order valence-electron chi connectivity index (χ0n) is 16.4. The molecule has 0 radical (unpaired) electrons. The summed E-state index contributed by atoms with van der Waals surface area (Å²) in [4.78, 5) is 23.6. The molecule has 4 atom stereocenters. The molecule has 3 nitrogen and oxygen atoms in total. The van der Waals surface area contributed by atoms with Crippen molar-refractivity contribution in [3.05, 3.63) is 48.0 Å². The van der Waals surface area contributed by atoms with Crippen molar-refractivity contribution in [3.8, 4) is 0 Å². The van der Waals surface area contributed by atoms with Gasteiger partial charge in [0.2, 0.25) is 0 Å². The Labute approximate surface area is 161 Å². The lowest BCUT2D eigenvalue weighted by Gasteiger charge is -2.61. The van der Waals surface area contributed by atoms with E-state index in [1.54, 1.807) is 0 Å². The molecule has 0 unspecified atom stereocenters. The van der Waals surface area contributed by atoms with Gasteiger partial charge in [0.1, 0.15) is 18.3 Å². The monoisotopic (exact) mass is 364 g/mol. The molecule has 5 rings (SSSR count). The van der Waals surface area contributed by atoms with Crippen LogP contribution in [0.1, 0.15) is 45.6 Å². The molecule has 3 saturated carbocycles. The number of esters is 1. The zero-order valence-corrected chi connectivity index (χ0v) is 16.4. The van der Waals surface area contributed by atoms with E-state index in [0.717, 1.165) is 19.3 Å². The molecule has 0 heterocycles. The van der Waals surface area contributed by atoms with E-state index in [2.05, 4.69) is 56.3 Å². The van der Waals surface area contributed by atoms with Crippen molar-refractivity contribution in [2.45, 2.75) is 52.6 Å². The van der Waals surface area contributed by atoms with E-state index in [-0.39, 0.29) is 29.7 Å². The van der Waals surface area contributed by atoms with Crippen molar-refractivity contribution in [1.29, 1.82) is 0 Å². The number of benzene rings is 2. The Hall–Kier alpha value is -2.16. The minimum absolute atomic E-state index is 0.0872. The van der Waals surface area contributed by atoms with Crippen LogP contribution in [0.4, 0.5) is 0 Å². The molecule has 2 bridgehead atoms. The largest absolute Gasteiger partial charge is 0.461 e. The second-order valence-electron chi connectivity index (χ2n) is 9.03. The van der Waals surface area contributed by atoms with Crippen LogP contribution < -0.4 is 0 Å². The molecule has 0 amide bonds. The number of hydrogen-bond donors (Lipinski definition) is 0. The van der Waals surface area contributed by atoms with Gasteiger partial charge in [-0.05, 0) is 53.9 Å². The number of rotatable bonds is 5. The van der Waals surface area contributed by atoms with E-state index in [1.165, 1.54) is 23.3 Å². The van der Waals surface area contributed by atoms with E-state index in [1.807, 2.05) is 0 Å². The van der Waals surface area contributed by atoms with Crippen LogP contribution in [0.25, 0.3) is 10.8 Å². The molecule has 142 valence electrons. The van der Waals surface area contributed by atoms with Crippen molar-refractivity contribution in [1.82, 2.24) is 0 Å². The summed E-state index contributed by atoms with van der Waals surface area (Å²) in [5, 5.41) is 2.54.